The van der Waals surface area contributed by atoms with E-state index in [0.717, 1.165) is 17.4 Å². The van der Waals surface area contributed by atoms with Crippen LogP contribution in [0.2, 0.25) is 0 Å². The first-order valence-corrected chi connectivity index (χ1v) is 23.7. The Morgan fingerprint density at radius 1 is 0.550 bits per heavy atom. The fraction of sp³-hybridized carbons (Fsp3) is 0.556. The zero-order chi connectivity index (χ0) is 42.0. The van der Waals surface area contributed by atoms with Crippen molar-refractivity contribution in [2.45, 2.75) is 148 Å². The Hall–Kier alpha value is -4.32. The van der Waals surface area contributed by atoms with Gasteiger partial charge in [0.25, 0.3) is 0 Å². The van der Waals surface area contributed by atoms with Crippen molar-refractivity contribution in [1.29, 1.82) is 0 Å². The molecule has 0 aliphatic heterocycles. The van der Waals surface area contributed by atoms with Crippen LogP contribution in [0.15, 0.2) is 103 Å². The predicted octanol–water partition coefficient (Wildman–Crippen LogP) is 14.6. The van der Waals surface area contributed by atoms with Crippen LogP contribution < -0.4 is 9.47 Å². The quantitative estimate of drug-likeness (QED) is 0.0456. The molecule has 2 saturated carbocycles. The van der Waals surface area contributed by atoms with E-state index in [1.165, 1.54) is 128 Å². The van der Waals surface area contributed by atoms with Crippen LogP contribution >= 0.6 is 0 Å². The first kappa shape index (κ1) is 46.7. The first-order valence-electron chi connectivity index (χ1n) is 23.7. The smallest absolute Gasteiger partial charge is 0.338 e. The summed E-state index contributed by atoms with van der Waals surface area (Å²) in [7, 11) is 0. The number of allylic oxidation sites excluding steroid dienone is 2. The molecule has 60 heavy (non-hydrogen) atoms. The van der Waals surface area contributed by atoms with Gasteiger partial charge in [-0.3, -0.25) is 0 Å². The van der Waals surface area contributed by atoms with Crippen LogP contribution in [-0.4, -0.2) is 31.8 Å². The first-order chi connectivity index (χ1) is 29.5. The van der Waals surface area contributed by atoms with E-state index in [1.807, 2.05) is 30.3 Å². The highest BCUT2D eigenvalue weighted by Gasteiger charge is 2.22. The molecule has 2 fully saturated rings. The van der Waals surface area contributed by atoms with Gasteiger partial charge in [0.2, 0.25) is 0 Å². The maximum absolute atomic E-state index is 13.3. The van der Waals surface area contributed by atoms with E-state index in [1.54, 1.807) is 48.5 Å². The van der Waals surface area contributed by atoms with Crippen molar-refractivity contribution < 1.29 is 28.5 Å². The molecule has 326 valence electrons. The largest absolute Gasteiger partial charge is 0.490 e. The lowest BCUT2D eigenvalue weighted by molar-refractivity contribution is -0.00134. The minimum atomic E-state index is -0.774. The zero-order valence-electron chi connectivity index (χ0n) is 36.9. The standard InChI is InChI=1S/C54H74O6/c1-3-5-7-9-12-18-43-24-28-45(29-25-43)20-16-40-57-50-36-32-48(33-37-50)53(55)59-42-52(47-22-14-11-15-23-47)60-54(56)49-34-38-51(39-35-49)58-41-17-21-46-30-26-44(27-31-46)19-13-10-8-6-4-2/h11,14-17,20-23,32-39,43-46,52H,3-10,12-13,18-19,24-31,40-42H2,1-2H3/b20-16+,21-17+/t43?,44?,45?,46?,52-/m0/s1. The lowest BCUT2D eigenvalue weighted by Gasteiger charge is -2.26. The second-order valence-corrected chi connectivity index (χ2v) is 17.4. The highest BCUT2D eigenvalue weighted by atomic mass is 16.6. The molecule has 6 heteroatoms. The van der Waals surface area contributed by atoms with E-state index < -0.39 is 18.0 Å². The van der Waals surface area contributed by atoms with Crippen molar-refractivity contribution in [3.8, 4) is 11.5 Å². The summed E-state index contributed by atoms with van der Waals surface area (Å²) in [5.74, 6) is 3.51. The van der Waals surface area contributed by atoms with E-state index in [-0.39, 0.29) is 6.61 Å². The molecule has 0 bridgehead atoms. The molecule has 0 radical (unpaired) electrons. The Bertz CT molecular complexity index is 1660. The molecule has 0 amide bonds. The Morgan fingerprint density at radius 3 is 1.47 bits per heavy atom. The predicted molar refractivity (Wildman–Crippen MR) is 245 cm³/mol. The molecule has 1 atom stereocenters. The minimum absolute atomic E-state index is 0.118. The molecule has 0 aromatic heterocycles. The molecular weight excluding hydrogens is 745 g/mol. The molecule has 0 saturated heterocycles. The average molecular weight is 819 g/mol. The molecule has 0 unspecified atom stereocenters. The zero-order valence-corrected chi connectivity index (χ0v) is 36.9. The fourth-order valence-corrected chi connectivity index (χ4v) is 8.87. The Labute approximate surface area is 362 Å². The van der Waals surface area contributed by atoms with Crippen molar-refractivity contribution in [3.63, 3.8) is 0 Å². The molecule has 0 N–H and O–H groups in total. The fourth-order valence-electron chi connectivity index (χ4n) is 8.87. The van der Waals surface area contributed by atoms with Crippen LogP contribution in [0.1, 0.15) is 175 Å². The number of rotatable bonds is 26. The number of benzene rings is 3. The molecule has 2 aliphatic carbocycles. The van der Waals surface area contributed by atoms with Gasteiger partial charge in [0, 0.05) is 0 Å². The van der Waals surface area contributed by atoms with Crippen LogP contribution in [0, 0.1) is 23.7 Å². The molecule has 3 aromatic rings. The maximum atomic E-state index is 13.3. The highest BCUT2D eigenvalue weighted by molar-refractivity contribution is 5.90. The van der Waals surface area contributed by atoms with Gasteiger partial charge in [0.1, 0.15) is 31.3 Å². The second-order valence-electron chi connectivity index (χ2n) is 17.4. The summed E-state index contributed by atoms with van der Waals surface area (Å²) in [4.78, 5) is 26.4. The number of esters is 2. The van der Waals surface area contributed by atoms with Gasteiger partial charge in [-0.2, -0.15) is 0 Å². The summed E-state index contributed by atoms with van der Waals surface area (Å²) >= 11 is 0. The number of carbonyl (C=O) groups excluding carboxylic acids is 2. The van der Waals surface area contributed by atoms with Crippen LogP contribution in [0.4, 0.5) is 0 Å². The van der Waals surface area contributed by atoms with Crippen molar-refractivity contribution >= 4 is 11.9 Å². The van der Waals surface area contributed by atoms with Gasteiger partial charge < -0.3 is 18.9 Å². The van der Waals surface area contributed by atoms with Gasteiger partial charge in [-0.05, 0) is 129 Å². The third-order valence-electron chi connectivity index (χ3n) is 12.7. The molecule has 6 nitrogen and oxygen atoms in total. The van der Waals surface area contributed by atoms with Gasteiger partial charge >= 0.3 is 11.9 Å². The highest BCUT2D eigenvalue weighted by Crippen LogP contribution is 2.34. The SMILES string of the molecule is CCCCCCCC1CCC(/C=C/COc2ccc(C(=O)OC[C@H](OC(=O)c3ccc(OC/C=C/C4CCC(CCCCCCC)CC4)cc3)c3ccccc3)cc2)CC1. The number of hydrogen-bond acceptors (Lipinski definition) is 6. The summed E-state index contributed by atoms with van der Waals surface area (Å²) in [6.07, 6.45) is 35.1. The number of ether oxygens (including phenoxy) is 4. The number of unbranched alkanes of at least 4 members (excludes halogenated alkanes) is 8. The Balaban J connectivity index is 0.996. The molecule has 2 aliphatic rings. The van der Waals surface area contributed by atoms with Crippen LogP contribution in [0.3, 0.4) is 0 Å². The number of hydrogen-bond donors (Lipinski definition) is 0. The maximum Gasteiger partial charge on any atom is 0.338 e. The van der Waals surface area contributed by atoms with Crippen molar-refractivity contribution in [2.75, 3.05) is 19.8 Å². The topological polar surface area (TPSA) is 71.1 Å². The van der Waals surface area contributed by atoms with E-state index >= 15 is 0 Å². The van der Waals surface area contributed by atoms with Gasteiger partial charge in [-0.25, -0.2) is 9.59 Å². The third-order valence-corrected chi connectivity index (χ3v) is 12.7. The van der Waals surface area contributed by atoms with Crippen molar-refractivity contribution in [3.05, 3.63) is 120 Å². The molecule has 0 heterocycles. The van der Waals surface area contributed by atoms with Crippen LogP contribution in [0.25, 0.3) is 0 Å². The number of carbonyl (C=O) groups is 2. The average Bonchev–Trinajstić information content (AvgIpc) is 3.29. The van der Waals surface area contributed by atoms with E-state index in [0.29, 0.717) is 47.7 Å². The Kier molecular flexibility index (Phi) is 21.4. The van der Waals surface area contributed by atoms with Crippen LogP contribution in [-0.2, 0) is 9.47 Å². The summed E-state index contributed by atoms with van der Waals surface area (Å²) in [5, 5.41) is 0. The third kappa shape index (κ3) is 17.3. The lowest BCUT2D eigenvalue weighted by Crippen LogP contribution is -2.19. The Morgan fingerprint density at radius 2 is 1.00 bits per heavy atom. The van der Waals surface area contributed by atoms with E-state index in [2.05, 4.69) is 38.2 Å². The molecule has 3 aromatic carbocycles. The van der Waals surface area contributed by atoms with E-state index in [4.69, 9.17) is 18.9 Å². The minimum Gasteiger partial charge on any atom is -0.490 e. The summed E-state index contributed by atoms with van der Waals surface area (Å²) < 4.78 is 23.5. The van der Waals surface area contributed by atoms with Gasteiger partial charge in [0.05, 0.1) is 11.1 Å². The van der Waals surface area contributed by atoms with Gasteiger partial charge in [0.15, 0.2) is 6.10 Å². The summed E-state index contributed by atoms with van der Waals surface area (Å²) in [6.45, 7) is 5.43. The van der Waals surface area contributed by atoms with Crippen molar-refractivity contribution in [1.82, 2.24) is 0 Å². The van der Waals surface area contributed by atoms with E-state index in [9.17, 15) is 9.59 Å². The summed E-state index contributed by atoms with van der Waals surface area (Å²) in [6, 6.07) is 23.3. The van der Waals surface area contributed by atoms with Gasteiger partial charge in [-0.1, -0.05) is 146 Å². The second kappa shape index (κ2) is 27.5. The molecular formula is C54H74O6. The van der Waals surface area contributed by atoms with Crippen LogP contribution in [0.5, 0.6) is 11.5 Å². The monoisotopic (exact) mass is 819 g/mol. The molecule has 0 spiro atoms. The normalized spacial score (nSPS) is 19.9. The lowest BCUT2D eigenvalue weighted by atomic mass is 9.79. The summed E-state index contributed by atoms with van der Waals surface area (Å²) in [5.41, 5.74) is 1.54. The van der Waals surface area contributed by atoms with Crippen molar-refractivity contribution in [2.24, 2.45) is 23.7 Å². The van der Waals surface area contributed by atoms with Gasteiger partial charge in [-0.15, -0.1) is 0 Å². The molecule has 5 rings (SSSR count).